The number of ether oxygens (including phenoxy) is 1. The van der Waals surface area contributed by atoms with Crippen molar-refractivity contribution in [2.45, 2.75) is 26.4 Å². The number of unbranched alkanes of at least 4 members (excludes halogenated alkanes) is 1. The number of guanidine groups is 1. The Labute approximate surface area is 128 Å². The Hall–Kier alpha value is -1.81. The van der Waals surface area contributed by atoms with Crippen LogP contribution in [0, 0.1) is 0 Å². The summed E-state index contributed by atoms with van der Waals surface area (Å²) in [4.78, 5) is 4.50. The SMILES string of the molecule is C=CCNC(=NCCCCOCc1ccccc1)NCC. The van der Waals surface area contributed by atoms with Crippen LogP contribution in [0.1, 0.15) is 25.3 Å². The molecule has 0 bridgehead atoms. The smallest absolute Gasteiger partial charge is 0.191 e. The van der Waals surface area contributed by atoms with Gasteiger partial charge in [-0.15, -0.1) is 6.58 Å². The van der Waals surface area contributed by atoms with Gasteiger partial charge < -0.3 is 15.4 Å². The third-order valence-corrected chi connectivity index (χ3v) is 2.84. The molecule has 0 fully saturated rings. The van der Waals surface area contributed by atoms with Crippen LogP contribution in [0.5, 0.6) is 0 Å². The maximum atomic E-state index is 5.65. The fraction of sp³-hybridized carbons (Fsp3) is 0.471. The number of nitrogens with zero attached hydrogens (tertiary/aromatic N) is 1. The van der Waals surface area contributed by atoms with Crippen LogP contribution in [0.2, 0.25) is 0 Å². The molecule has 116 valence electrons. The molecular weight excluding hydrogens is 262 g/mol. The number of rotatable bonds is 10. The monoisotopic (exact) mass is 289 g/mol. The minimum absolute atomic E-state index is 0.688. The van der Waals surface area contributed by atoms with E-state index >= 15 is 0 Å². The van der Waals surface area contributed by atoms with Crippen LogP contribution in [-0.4, -0.2) is 32.2 Å². The fourth-order valence-electron chi connectivity index (χ4n) is 1.78. The van der Waals surface area contributed by atoms with Gasteiger partial charge in [0, 0.05) is 26.2 Å². The molecule has 4 heteroatoms. The first kappa shape index (κ1) is 17.2. The first-order valence-corrected chi connectivity index (χ1v) is 7.61. The van der Waals surface area contributed by atoms with Crippen molar-refractivity contribution in [3.05, 3.63) is 48.6 Å². The Morgan fingerprint density at radius 2 is 2.05 bits per heavy atom. The summed E-state index contributed by atoms with van der Waals surface area (Å²) in [6.45, 7) is 9.61. The van der Waals surface area contributed by atoms with E-state index in [0.29, 0.717) is 6.61 Å². The average molecular weight is 289 g/mol. The summed E-state index contributed by atoms with van der Waals surface area (Å²) in [5.41, 5.74) is 1.22. The molecule has 0 saturated heterocycles. The lowest BCUT2D eigenvalue weighted by atomic mass is 10.2. The van der Waals surface area contributed by atoms with Crippen LogP contribution in [-0.2, 0) is 11.3 Å². The summed E-state index contributed by atoms with van der Waals surface area (Å²) in [5.74, 6) is 0.850. The van der Waals surface area contributed by atoms with Crippen LogP contribution < -0.4 is 10.6 Å². The van der Waals surface area contributed by atoms with Gasteiger partial charge in [0.1, 0.15) is 0 Å². The third-order valence-electron chi connectivity index (χ3n) is 2.84. The molecule has 0 saturated carbocycles. The van der Waals surface area contributed by atoms with Gasteiger partial charge in [-0.25, -0.2) is 0 Å². The zero-order valence-corrected chi connectivity index (χ0v) is 13.0. The summed E-state index contributed by atoms with van der Waals surface area (Å²) in [6.07, 6.45) is 3.88. The molecule has 4 nitrogen and oxygen atoms in total. The number of nitrogens with one attached hydrogen (secondary N) is 2. The highest BCUT2D eigenvalue weighted by Crippen LogP contribution is 2.01. The Balaban J connectivity index is 2.08. The van der Waals surface area contributed by atoms with E-state index in [1.807, 2.05) is 24.3 Å². The van der Waals surface area contributed by atoms with Gasteiger partial charge in [-0.05, 0) is 25.3 Å². The van der Waals surface area contributed by atoms with Crippen molar-refractivity contribution < 1.29 is 4.74 Å². The molecule has 0 aliphatic carbocycles. The lowest BCUT2D eigenvalue weighted by Gasteiger charge is -2.09. The van der Waals surface area contributed by atoms with Gasteiger partial charge in [0.05, 0.1) is 6.61 Å². The van der Waals surface area contributed by atoms with Crippen molar-refractivity contribution in [2.75, 3.05) is 26.2 Å². The zero-order chi connectivity index (χ0) is 15.2. The van der Waals surface area contributed by atoms with Gasteiger partial charge in [-0.1, -0.05) is 36.4 Å². The molecule has 0 aliphatic rings. The van der Waals surface area contributed by atoms with E-state index in [-0.39, 0.29) is 0 Å². The van der Waals surface area contributed by atoms with E-state index in [4.69, 9.17) is 4.74 Å². The molecule has 0 unspecified atom stereocenters. The molecule has 21 heavy (non-hydrogen) atoms. The molecule has 0 radical (unpaired) electrons. The third kappa shape index (κ3) is 8.87. The standard InChI is InChI=1S/C17H27N3O/c1-3-12-19-17(18-4-2)20-13-8-9-14-21-15-16-10-6-5-7-11-16/h3,5-7,10-11H,1,4,8-9,12-15H2,2H3,(H2,18,19,20). The molecule has 0 heterocycles. The highest BCUT2D eigenvalue weighted by Gasteiger charge is 1.95. The van der Waals surface area contributed by atoms with Crippen LogP contribution in [0.4, 0.5) is 0 Å². The molecule has 0 amide bonds. The quantitative estimate of drug-likeness (QED) is 0.301. The summed E-state index contributed by atoms with van der Waals surface area (Å²) in [5, 5.41) is 6.38. The van der Waals surface area contributed by atoms with E-state index in [9.17, 15) is 0 Å². The largest absolute Gasteiger partial charge is 0.377 e. The Kier molecular flexibility index (Phi) is 9.83. The topological polar surface area (TPSA) is 45.7 Å². The van der Waals surface area contributed by atoms with Gasteiger partial charge in [0.15, 0.2) is 5.96 Å². The Morgan fingerprint density at radius 3 is 2.76 bits per heavy atom. The van der Waals surface area contributed by atoms with E-state index in [1.165, 1.54) is 5.56 Å². The van der Waals surface area contributed by atoms with Crippen molar-refractivity contribution >= 4 is 5.96 Å². The minimum atomic E-state index is 0.688. The lowest BCUT2D eigenvalue weighted by molar-refractivity contribution is 0.117. The number of aliphatic imine (C=N–C) groups is 1. The van der Waals surface area contributed by atoms with Crippen molar-refractivity contribution in [3.8, 4) is 0 Å². The summed E-state index contributed by atoms with van der Waals surface area (Å²) in [6, 6.07) is 10.2. The normalized spacial score (nSPS) is 11.2. The molecule has 1 aromatic rings. The summed E-state index contributed by atoms with van der Waals surface area (Å²) >= 11 is 0. The first-order chi connectivity index (χ1) is 10.4. The van der Waals surface area contributed by atoms with Gasteiger partial charge in [-0.2, -0.15) is 0 Å². The number of hydrogen-bond acceptors (Lipinski definition) is 2. The van der Waals surface area contributed by atoms with Gasteiger partial charge in [0.2, 0.25) is 0 Å². The van der Waals surface area contributed by atoms with Gasteiger partial charge in [0.25, 0.3) is 0 Å². The van der Waals surface area contributed by atoms with Crippen molar-refractivity contribution in [3.63, 3.8) is 0 Å². The molecule has 2 N–H and O–H groups in total. The maximum Gasteiger partial charge on any atom is 0.191 e. The fourth-order valence-corrected chi connectivity index (χ4v) is 1.78. The van der Waals surface area contributed by atoms with E-state index in [1.54, 1.807) is 0 Å². The molecule has 0 spiro atoms. The zero-order valence-electron chi connectivity index (χ0n) is 13.0. The highest BCUT2D eigenvalue weighted by atomic mass is 16.5. The van der Waals surface area contributed by atoms with Crippen LogP contribution >= 0.6 is 0 Å². The van der Waals surface area contributed by atoms with Crippen LogP contribution in [0.15, 0.2) is 48.0 Å². The number of benzene rings is 1. The molecule has 1 rings (SSSR count). The van der Waals surface area contributed by atoms with E-state index in [0.717, 1.165) is 45.0 Å². The van der Waals surface area contributed by atoms with Gasteiger partial charge in [-0.3, -0.25) is 4.99 Å². The Bertz CT molecular complexity index is 404. The van der Waals surface area contributed by atoms with E-state index in [2.05, 4.69) is 41.3 Å². The van der Waals surface area contributed by atoms with Gasteiger partial charge >= 0.3 is 0 Å². The second-order valence-corrected chi connectivity index (χ2v) is 4.68. The predicted molar refractivity (Wildman–Crippen MR) is 89.5 cm³/mol. The molecule has 0 aromatic heterocycles. The van der Waals surface area contributed by atoms with Crippen molar-refractivity contribution in [1.29, 1.82) is 0 Å². The second-order valence-electron chi connectivity index (χ2n) is 4.68. The molecule has 0 aliphatic heterocycles. The molecular formula is C17H27N3O. The molecule has 0 atom stereocenters. The van der Waals surface area contributed by atoms with Crippen molar-refractivity contribution in [1.82, 2.24) is 10.6 Å². The Morgan fingerprint density at radius 1 is 1.24 bits per heavy atom. The van der Waals surface area contributed by atoms with E-state index < -0.39 is 0 Å². The first-order valence-electron chi connectivity index (χ1n) is 7.61. The van der Waals surface area contributed by atoms with Crippen molar-refractivity contribution in [2.24, 2.45) is 4.99 Å². The summed E-state index contributed by atoms with van der Waals surface area (Å²) in [7, 11) is 0. The summed E-state index contributed by atoms with van der Waals surface area (Å²) < 4.78 is 5.65. The predicted octanol–water partition coefficient (Wildman–Crippen LogP) is 2.72. The number of hydrogen-bond donors (Lipinski definition) is 2. The lowest BCUT2D eigenvalue weighted by Crippen LogP contribution is -2.37. The minimum Gasteiger partial charge on any atom is -0.377 e. The van der Waals surface area contributed by atoms with Crippen LogP contribution in [0.25, 0.3) is 0 Å². The second kappa shape index (κ2) is 12.0. The van der Waals surface area contributed by atoms with Crippen LogP contribution in [0.3, 0.4) is 0 Å². The molecule has 1 aromatic carbocycles. The highest BCUT2D eigenvalue weighted by molar-refractivity contribution is 5.79. The maximum absolute atomic E-state index is 5.65. The average Bonchev–Trinajstić information content (AvgIpc) is 2.52.